The Kier molecular flexibility index (Phi) is 3.60. The zero-order chi connectivity index (χ0) is 17.2. The molecule has 136 valence electrons. The third-order valence-corrected chi connectivity index (χ3v) is 7.79. The SMILES string of the molecule is COc1cc2c(cc1OC)[C@@H](C13C[C@@H]4C[C@@H](CC(Cl)(C4)C1)C3)NCC2. The molecule has 1 aliphatic heterocycles. The zero-order valence-corrected chi connectivity index (χ0v) is 16.0. The maximum absolute atomic E-state index is 7.10. The van der Waals surface area contributed by atoms with Crippen LogP contribution in [-0.4, -0.2) is 25.6 Å². The van der Waals surface area contributed by atoms with Crippen molar-refractivity contribution in [2.45, 2.75) is 55.9 Å². The molecule has 1 aromatic carbocycles. The molecule has 3 nitrogen and oxygen atoms in total. The highest BCUT2D eigenvalue weighted by Crippen LogP contribution is 2.67. The maximum atomic E-state index is 7.10. The third kappa shape index (κ3) is 2.42. The fourth-order valence-corrected chi connectivity index (χ4v) is 7.69. The van der Waals surface area contributed by atoms with Gasteiger partial charge < -0.3 is 14.8 Å². The molecule has 4 heteroatoms. The molecule has 6 rings (SSSR count). The second-order valence-corrected chi connectivity index (χ2v) is 9.82. The van der Waals surface area contributed by atoms with Crippen LogP contribution in [0.5, 0.6) is 11.5 Å². The van der Waals surface area contributed by atoms with E-state index >= 15 is 0 Å². The van der Waals surface area contributed by atoms with Gasteiger partial charge in [-0.05, 0) is 92.0 Å². The van der Waals surface area contributed by atoms with Gasteiger partial charge in [0.2, 0.25) is 0 Å². The third-order valence-electron chi connectivity index (χ3n) is 7.35. The monoisotopic (exact) mass is 361 g/mol. The van der Waals surface area contributed by atoms with Crippen LogP contribution in [0.3, 0.4) is 0 Å². The molecule has 0 radical (unpaired) electrons. The van der Waals surface area contributed by atoms with E-state index in [0.717, 1.165) is 36.3 Å². The molecule has 0 saturated heterocycles. The van der Waals surface area contributed by atoms with Crippen molar-refractivity contribution in [3.8, 4) is 11.5 Å². The average molecular weight is 362 g/mol. The molecule has 4 bridgehead atoms. The molecular weight excluding hydrogens is 334 g/mol. The van der Waals surface area contributed by atoms with Crippen LogP contribution in [0.1, 0.15) is 55.7 Å². The number of fused-ring (bicyclic) bond motifs is 1. The van der Waals surface area contributed by atoms with E-state index in [2.05, 4.69) is 17.4 Å². The quantitative estimate of drug-likeness (QED) is 0.806. The second-order valence-electron chi connectivity index (χ2n) is 9.02. The van der Waals surface area contributed by atoms with Crippen molar-refractivity contribution in [1.82, 2.24) is 5.32 Å². The van der Waals surface area contributed by atoms with E-state index in [1.807, 2.05) is 0 Å². The lowest BCUT2D eigenvalue weighted by Crippen LogP contribution is -2.58. The van der Waals surface area contributed by atoms with E-state index in [4.69, 9.17) is 21.1 Å². The normalized spacial score (nSPS) is 41.5. The zero-order valence-electron chi connectivity index (χ0n) is 15.2. The highest BCUT2D eigenvalue weighted by atomic mass is 35.5. The Hall–Kier alpha value is -0.930. The van der Waals surface area contributed by atoms with Crippen LogP contribution in [0.4, 0.5) is 0 Å². The van der Waals surface area contributed by atoms with Gasteiger partial charge in [0.05, 0.1) is 14.2 Å². The lowest BCUT2D eigenvalue weighted by Gasteiger charge is -2.63. The lowest BCUT2D eigenvalue weighted by molar-refractivity contribution is -0.0647. The van der Waals surface area contributed by atoms with Crippen LogP contribution in [0.25, 0.3) is 0 Å². The van der Waals surface area contributed by atoms with Gasteiger partial charge in [-0.1, -0.05) is 0 Å². The van der Waals surface area contributed by atoms with Gasteiger partial charge in [-0.2, -0.15) is 0 Å². The van der Waals surface area contributed by atoms with E-state index in [0.29, 0.717) is 11.5 Å². The number of hydrogen-bond donors (Lipinski definition) is 1. The first-order valence-electron chi connectivity index (χ1n) is 9.71. The van der Waals surface area contributed by atoms with Gasteiger partial charge in [0.25, 0.3) is 0 Å². The second kappa shape index (κ2) is 5.53. The van der Waals surface area contributed by atoms with E-state index in [-0.39, 0.29) is 4.87 Å². The Morgan fingerprint density at radius 1 is 1.04 bits per heavy atom. The molecule has 4 fully saturated rings. The summed E-state index contributed by atoms with van der Waals surface area (Å²) in [5, 5.41) is 3.88. The van der Waals surface area contributed by atoms with Gasteiger partial charge in [0.1, 0.15) is 0 Å². The summed E-state index contributed by atoms with van der Waals surface area (Å²) in [6.45, 7) is 1.04. The Morgan fingerprint density at radius 3 is 2.36 bits per heavy atom. The van der Waals surface area contributed by atoms with E-state index < -0.39 is 0 Å². The number of methoxy groups -OCH3 is 2. The maximum Gasteiger partial charge on any atom is 0.161 e. The van der Waals surface area contributed by atoms with Gasteiger partial charge >= 0.3 is 0 Å². The van der Waals surface area contributed by atoms with Gasteiger partial charge in [0, 0.05) is 10.9 Å². The summed E-state index contributed by atoms with van der Waals surface area (Å²) < 4.78 is 11.1. The number of alkyl halides is 1. The van der Waals surface area contributed by atoms with Crippen LogP contribution in [0, 0.1) is 17.3 Å². The van der Waals surface area contributed by atoms with Crippen LogP contribution in [-0.2, 0) is 6.42 Å². The number of ether oxygens (including phenoxy) is 2. The highest BCUT2D eigenvalue weighted by molar-refractivity contribution is 6.24. The smallest absolute Gasteiger partial charge is 0.161 e. The molecule has 2 unspecified atom stereocenters. The fraction of sp³-hybridized carbons (Fsp3) is 0.714. The highest BCUT2D eigenvalue weighted by Gasteiger charge is 2.60. The average Bonchev–Trinajstić information content (AvgIpc) is 2.57. The van der Waals surface area contributed by atoms with Crippen molar-refractivity contribution in [1.29, 1.82) is 0 Å². The minimum atomic E-state index is 0.0555. The summed E-state index contributed by atoms with van der Waals surface area (Å²) >= 11 is 7.10. The number of hydrogen-bond acceptors (Lipinski definition) is 3. The van der Waals surface area contributed by atoms with Crippen molar-refractivity contribution in [2.75, 3.05) is 20.8 Å². The minimum Gasteiger partial charge on any atom is -0.493 e. The topological polar surface area (TPSA) is 30.5 Å². The number of halogens is 1. The molecule has 0 spiro atoms. The van der Waals surface area contributed by atoms with Crippen LogP contribution < -0.4 is 14.8 Å². The van der Waals surface area contributed by atoms with Crippen molar-refractivity contribution < 1.29 is 9.47 Å². The first-order valence-corrected chi connectivity index (χ1v) is 10.1. The number of benzene rings is 1. The first kappa shape index (κ1) is 16.3. The summed E-state index contributed by atoms with van der Waals surface area (Å²) in [7, 11) is 3.45. The van der Waals surface area contributed by atoms with E-state index in [9.17, 15) is 0 Å². The van der Waals surface area contributed by atoms with Gasteiger partial charge in [-0.15, -0.1) is 11.6 Å². The van der Waals surface area contributed by atoms with E-state index in [1.54, 1.807) is 14.2 Å². The van der Waals surface area contributed by atoms with Crippen molar-refractivity contribution in [3.05, 3.63) is 23.3 Å². The molecule has 25 heavy (non-hydrogen) atoms. The summed E-state index contributed by atoms with van der Waals surface area (Å²) in [5.41, 5.74) is 3.16. The standard InChI is InChI=1S/C21H28ClNO2/c1-24-17-6-15-3-4-23-19(16(15)7-18(17)25-2)20-8-13-5-14(9-20)11-21(22,10-13)12-20/h6-7,13-14,19,23H,3-5,8-12H2,1-2H3/t13-,14+,19-,20?,21?/m0/s1. The van der Waals surface area contributed by atoms with Crippen LogP contribution in [0.15, 0.2) is 12.1 Å². The molecule has 0 aromatic heterocycles. The molecule has 5 atom stereocenters. The van der Waals surface area contributed by atoms with Crippen LogP contribution >= 0.6 is 11.6 Å². The van der Waals surface area contributed by atoms with Crippen molar-refractivity contribution in [2.24, 2.45) is 17.3 Å². The van der Waals surface area contributed by atoms with Crippen molar-refractivity contribution >= 4 is 11.6 Å². The number of nitrogens with one attached hydrogen (secondary N) is 1. The molecule has 1 aromatic rings. The van der Waals surface area contributed by atoms with E-state index in [1.165, 1.54) is 49.7 Å². The molecule has 5 aliphatic rings. The molecule has 0 amide bonds. The molecule has 4 aliphatic carbocycles. The summed E-state index contributed by atoms with van der Waals surface area (Å²) in [6, 6.07) is 4.82. The minimum absolute atomic E-state index is 0.0555. The van der Waals surface area contributed by atoms with Gasteiger partial charge in [0.15, 0.2) is 11.5 Å². The largest absolute Gasteiger partial charge is 0.493 e. The fourth-order valence-electron chi connectivity index (χ4n) is 6.99. The Morgan fingerprint density at radius 2 is 1.72 bits per heavy atom. The molecular formula is C21H28ClNO2. The predicted octanol–water partition coefficient (Wildman–Crippen LogP) is 4.47. The van der Waals surface area contributed by atoms with Crippen LogP contribution in [0.2, 0.25) is 0 Å². The number of rotatable bonds is 3. The lowest BCUT2D eigenvalue weighted by atomic mass is 9.46. The van der Waals surface area contributed by atoms with Gasteiger partial charge in [-0.3, -0.25) is 0 Å². The summed E-state index contributed by atoms with van der Waals surface area (Å²) in [6.07, 6.45) is 8.77. The summed E-state index contributed by atoms with van der Waals surface area (Å²) in [5.74, 6) is 3.35. The molecule has 1 N–H and O–H groups in total. The Bertz CT molecular complexity index is 689. The van der Waals surface area contributed by atoms with Crippen molar-refractivity contribution in [3.63, 3.8) is 0 Å². The summed E-state index contributed by atoms with van der Waals surface area (Å²) in [4.78, 5) is 0.0555. The predicted molar refractivity (Wildman–Crippen MR) is 99.7 cm³/mol. The Balaban J connectivity index is 1.58. The first-order chi connectivity index (χ1) is 12.0. The Labute approximate surface area is 155 Å². The van der Waals surface area contributed by atoms with Gasteiger partial charge in [-0.25, -0.2) is 0 Å². The molecule has 1 heterocycles. The molecule has 4 saturated carbocycles.